The molecule has 1 atom stereocenters. The number of hydrogen-bond donors (Lipinski definition) is 1. The molecule has 1 unspecified atom stereocenters. The maximum Gasteiger partial charge on any atom is 0.0597 e. The second kappa shape index (κ2) is 5.02. The minimum atomic E-state index is 0.292. The van der Waals surface area contributed by atoms with Gasteiger partial charge in [-0.1, -0.05) is 18.2 Å². The predicted molar refractivity (Wildman–Crippen MR) is 78.9 cm³/mol. The van der Waals surface area contributed by atoms with E-state index < -0.39 is 0 Å². The van der Waals surface area contributed by atoms with E-state index in [0.29, 0.717) is 6.04 Å². The molecule has 3 heteroatoms. The van der Waals surface area contributed by atoms with Crippen molar-refractivity contribution in [1.82, 2.24) is 10.3 Å². The number of pyridine rings is 1. The number of benzene rings is 1. The SMILES string of the molecule is CNC(C)c1ccc(N2CCc3ccccc32)cn1. The van der Waals surface area contributed by atoms with Gasteiger partial charge in [-0.25, -0.2) is 0 Å². The molecule has 1 N–H and O–H groups in total. The first kappa shape index (κ1) is 12.2. The molecule has 2 aromatic rings. The number of aromatic nitrogens is 1. The fourth-order valence-electron chi connectivity index (χ4n) is 2.57. The van der Waals surface area contributed by atoms with Crippen LogP contribution in [0.4, 0.5) is 11.4 Å². The zero-order valence-electron chi connectivity index (χ0n) is 11.4. The molecule has 1 aliphatic rings. The van der Waals surface area contributed by atoms with Crippen LogP contribution in [0.1, 0.15) is 24.2 Å². The first-order valence-electron chi connectivity index (χ1n) is 6.78. The Morgan fingerprint density at radius 2 is 2.05 bits per heavy atom. The molecule has 0 amide bonds. The fraction of sp³-hybridized carbons (Fsp3) is 0.312. The van der Waals surface area contributed by atoms with Crippen LogP contribution < -0.4 is 10.2 Å². The first-order chi connectivity index (χ1) is 9.29. The third kappa shape index (κ3) is 2.22. The van der Waals surface area contributed by atoms with Gasteiger partial charge in [-0.15, -0.1) is 0 Å². The van der Waals surface area contributed by atoms with Crippen molar-refractivity contribution in [3.8, 4) is 0 Å². The van der Waals surface area contributed by atoms with E-state index in [0.717, 1.165) is 18.7 Å². The van der Waals surface area contributed by atoms with Gasteiger partial charge in [0.2, 0.25) is 0 Å². The minimum Gasteiger partial charge on any atom is -0.340 e. The van der Waals surface area contributed by atoms with Crippen molar-refractivity contribution >= 4 is 11.4 Å². The minimum absolute atomic E-state index is 0.292. The van der Waals surface area contributed by atoms with Crippen molar-refractivity contribution in [2.75, 3.05) is 18.5 Å². The topological polar surface area (TPSA) is 28.2 Å². The zero-order valence-corrected chi connectivity index (χ0v) is 11.4. The third-order valence-electron chi connectivity index (χ3n) is 3.85. The number of para-hydroxylation sites is 1. The summed E-state index contributed by atoms with van der Waals surface area (Å²) in [4.78, 5) is 6.91. The van der Waals surface area contributed by atoms with Gasteiger partial charge in [-0.2, -0.15) is 0 Å². The van der Waals surface area contributed by atoms with Crippen LogP contribution in [0, 0.1) is 0 Å². The molecule has 0 bridgehead atoms. The van der Waals surface area contributed by atoms with Crippen LogP contribution >= 0.6 is 0 Å². The van der Waals surface area contributed by atoms with Gasteiger partial charge in [-0.05, 0) is 44.2 Å². The van der Waals surface area contributed by atoms with Crippen LogP contribution in [0.3, 0.4) is 0 Å². The highest BCUT2D eigenvalue weighted by molar-refractivity contribution is 5.69. The molecule has 3 nitrogen and oxygen atoms in total. The highest BCUT2D eigenvalue weighted by atomic mass is 15.2. The molecular formula is C16H19N3. The molecule has 3 rings (SSSR count). The summed E-state index contributed by atoms with van der Waals surface area (Å²) < 4.78 is 0. The largest absolute Gasteiger partial charge is 0.340 e. The van der Waals surface area contributed by atoms with E-state index in [1.54, 1.807) is 0 Å². The van der Waals surface area contributed by atoms with Gasteiger partial charge >= 0.3 is 0 Å². The number of anilines is 2. The molecule has 2 heterocycles. The molecular weight excluding hydrogens is 234 g/mol. The summed E-state index contributed by atoms with van der Waals surface area (Å²) in [7, 11) is 1.96. The molecule has 0 fully saturated rings. The Hall–Kier alpha value is -1.87. The number of hydrogen-bond acceptors (Lipinski definition) is 3. The van der Waals surface area contributed by atoms with Crippen molar-refractivity contribution in [2.45, 2.75) is 19.4 Å². The lowest BCUT2D eigenvalue weighted by molar-refractivity contribution is 0.633. The summed E-state index contributed by atoms with van der Waals surface area (Å²) in [6.07, 6.45) is 3.09. The zero-order chi connectivity index (χ0) is 13.2. The number of nitrogens with zero attached hydrogens (tertiary/aromatic N) is 2. The monoisotopic (exact) mass is 253 g/mol. The maximum absolute atomic E-state index is 4.56. The molecule has 98 valence electrons. The average Bonchev–Trinajstić information content (AvgIpc) is 2.90. The molecule has 0 radical (unpaired) electrons. The first-order valence-corrected chi connectivity index (χ1v) is 6.78. The second-order valence-electron chi connectivity index (χ2n) is 4.98. The molecule has 0 aliphatic carbocycles. The van der Waals surface area contributed by atoms with E-state index in [1.807, 2.05) is 13.2 Å². The average molecular weight is 253 g/mol. The van der Waals surface area contributed by atoms with E-state index in [1.165, 1.54) is 16.9 Å². The summed E-state index contributed by atoms with van der Waals surface area (Å²) in [5.41, 5.74) is 5.00. The third-order valence-corrected chi connectivity index (χ3v) is 3.85. The number of fused-ring (bicyclic) bond motifs is 1. The molecule has 1 aromatic carbocycles. The van der Waals surface area contributed by atoms with E-state index in [2.05, 4.69) is 58.5 Å². The Labute approximate surface area is 114 Å². The predicted octanol–water partition coefficient (Wildman–Crippen LogP) is 3.06. The van der Waals surface area contributed by atoms with Crippen LogP contribution in [-0.2, 0) is 6.42 Å². The summed E-state index contributed by atoms with van der Waals surface area (Å²) in [6.45, 7) is 3.16. The second-order valence-corrected chi connectivity index (χ2v) is 4.98. The van der Waals surface area contributed by atoms with E-state index in [4.69, 9.17) is 0 Å². The Morgan fingerprint density at radius 3 is 2.79 bits per heavy atom. The quantitative estimate of drug-likeness (QED) is 0.911. The number of nitrogens with one attached hydrogen (secondary N) is 1. The van der Waals surface area contributed by atoms with Crippen molar-refractivity contribution in [2.24, 2.45) is 0 Å². The summed E-state index contributed by atoms with van der Waals surface area (Å²) >= 11 is 0. The van der Waals surface area contributed by atoms with Gasteiger partial charge in [-0.3, -0.25) is 4.98 Å². The van der Waals surface area contributed by atoms with E-state index in [9.17, 15) is 0 Å². The Kier molecular flexibility index (Phi) is 3.22. The van der Waals surface area contributed by atoms with Gasteiger partial charge in [0.1, 0.15) is 0 Å². The van der Waals surface area contributed by atoms with Crippen LogP contribution in [-0.4, -0.2) is 18.6 Å². The van der Waals surface area contributed by atoms with Gasteiger partial charge in [0, 0.05) is 18.3 Å². The maximum atomic E-state index is 4.56. The molecule has 0 saturated carbocycles. The molecule has 0 saturated heterocycles. The molecule has 0 spiro atoms. The normalized spacial score (nSPS) is 15.4. The Bertz CT molecular complexity index is 562. The van der Waals surface area contributed by atoms with Crippen molar-refractivity contribution in [3.05, 3.63) is 53.9 Å². The summed E-state index contributed by atoms with van der Waals surface area (Å²) in [6, 6.07) is 13.2. The van der Waals surface area contributed by atoms with Crippen LogP contribution in [0.15, 0.2) is 42.6 Å². The van der Waals surface area contributed by atoms with Crippen LogP contribution in [0.5, 0.6) is 0 Å². The van der Waals surface area contributed by atoms with Crippen LogP contribution in [0.25, 0.3) is 0 Å². The lowest BCUT2D eigenvalue weighted by Crippen LogP contribution is -2.16. The molecule has 1 aromatic heterocycles. The smallest absolute Gasteiger partial charge is 0.0597 e. The summed E-state index contributed by atoms with van der Waals surface area (Å²) in [5.74, 6) is 0. The van der Waals surface area contributed by atoms with Gasteiger partial charge in [0.25, 0.3) is 0 Å². The Morgan fingerprint density at radius 1 is 1.21 bits per heavy atom. The van der Waals surface area contributed by atoms with E-state index >= 15 is 0 Å². The molecule has 19 heavy (non-hydrogen) atoms. The fourth-order valence-corrected chi connectivity index (χ4v) is 2.57. The van der Waals surface area contributed by atoms with E-state index in [-0.39, 0.29) is 0 Å². The highest BCUT2D eigenvalue weighted by Crippen LogP contribution is 2.33. The van der Waals surface area contributed by atoms with Gasteiger partial charge in [0.05, 0.1) is 17.6 Å². The summed E-state index contributed by atoms with van der Waals surface area (Å²) in [5, 5.41) is 3.21. The lowest BCUT2D eigenvalue weighted by Gasteiger charge is -2.20. The van der Waals surface area contributed by atoms with Crippen LogP contribution in [0.2, 0.25) is 0 Å². The molecule has 1 aliphatic heterocycles. The Balaban J connectivity index is 1.88. The number of rotatable bonds is 3. The van der Waals surface area contributed by atoms with Crippen molar-refractivity contribution in [1.29, 1.82) is 0 Å². The van der Waals surface area contributed by atoms with Gasteiger partial charge in [0.15, 0.2) is 0 Å². The van der Waals surface area contributed by atoms with Gasteiger partial charge < -0.3 is 10.2 Å². The highest BCUT2D eigenvalue weighted by Gasteiger charge is 2.19. The van der Waals surface area contributed by atoms with Crippen molar-refractivity contribution in [3.63, 3.8) is 0 Å². The standard InChI is InChI=1S/C16H19N3/c1-12(17-2)15-8-7-14(11-18-15)19-10-9-13-5-3-4-6-16(13)19/h3-8,11-12,17H,9-10H2,1-2H3. The van der Waals surface area contributed by atoms with Crippen molar-refractivity contribution < 1.29 is 0 Å². The lowest BCUT2D eigenvalue weighted by atomic mass is 10.2.